The minimum Gasteiger partial charge on any atom is -0.399 e. The van der Waals surface area contributed by atoms with Crippen LogP contribution in [-0.2, 0) is 0 Å². The molecule has 0 bridgehead atoms. The van der Waals surface area contributed by atoms with Gasteiger partial charge in [0.05, 0.1) is 11.4 Å². The van der Waals surface area contributed by atoms with Gasteiger partial charge in [0.1, 0.15) is 0 Å². The highest BCUT2D eigenvalue weighted by Gasteiger charge is 2.10. The van der Waals surface area contributed by atoms with E-state index >= 15 is 0 Å². The summed E-state index contributed by atoms with van der Waals surface area (Å²) in [4.78, 5) is 0. The number of nitrogens with two attached hydrogens (primary N) is 4. The first-order valence-corrected chi connectivity index (χ1v) is 5.30. The molecule has 0 saturated carbocycles. The van der Waals surface area contributed by atoms with Crippen molar-refractivity contribution in [1.82, 2.24) is 0 Å². The standard InChI is InChI=1S/C13H16N4.ClH/c1-7-11(15)6-10(13(17)12(7)16)8-2-4-9(14)5-3-8;/h2-6H,14-17H2,1H3;1H. The van der Waals surface area contributed by atoms with Crippen molar-refractivity contribution in [1.29, 1.82) is 0 Å². The van der Waals surface area contributed by atoms with Crippen LogP contribution >= 0.6 is 12.4 Å². The zero-order chi connectivity index (χ0) is 12.6. The van der Waals surface area contributed by atoms with Crippen molar-refractivity contribution in [2.75, 3.05) is 22.9 Å². The van der Waals surface area contributed by atoms with Gasteiger partial charge < -0.3 is 22.9 Å². The van der Waals surface area contributed by atoms with Gasteiger partial charge in [-0.25, -0.2) is 0 Å². The van der Waals surface area contributed by atoms with Crippen molar-refractivity contribution in [3.8, 4) is 11.1 Å². The van der Waals surface area contributed by atoms with Gasteiger partial charge in [-0.3, -0.25) is 0 Å². The number of rotatable bonds is 1. The summed E-state index contributed by atoms with van der Waals surface area (Å²) < 4.78 is 0. The zero-order valence-electron chi connectivity index (χ0n) is 10.1. The van der Waals surface area contributed by atoms with E-state index in [9.17, 15) is 0 Å². The summed E-state index contributed by atoms with van der Waals surface area (Å²) in [5.74, 6) is 0. The Morgan fingerprint density at radius 2 is 1.39 bits per heavy atom. The van der Waals surface area contributed by atoms with Crippen LogP contribution in [0.1, 0.15) is 5.56 Å². The van der Waals surface area contributed by atoms with Crippen LogP contribution in [0.4, 0.5) is 22.7 Å². The number of hydrogen-bond donors (Lipinski definition) is 4. The maximum atomic E-state index is 6.01. The molecule has 0 unspecified atom stereocenters. The molecule has 0 fully saturated rings. The lowest BCUT2D eigenvalue weighted by Gasteiger charge is -2.13. The Morgan fingerprint density at radius 3 is 1.94 bits per heavy atom. The van der Waals surface area contributed by atoms with Crippen LogP contribution in [0.5, 0.6) is 0 Å². The highest BCUT2D eigenvalue weighted by atomic mass is 35.5. The second kappa shape index (κ2) is 5.06. The minimum atomic E-state index is 0. The zero-order valence-corrected chi connectivity index (χ0v) is 10.9. The van der Waals surface area contributed by atoms with Crippen molar-refractivity contribution in [3.63, 3.8) is 0 Å². The van der Waals surface area contributed by atoms with Crippen molar-refractivity contribution in [2.45, 2.75) is 6.92 Å². The van der Waals surface area contributed by atoms with Gasteiger partial charge in [0.15, 0.2) is 0 Å². The molecule has 4 nitrogen and oxygen atoms in total. The summed E-state index contributed by atoms with van der Waals surface area (Å²) in [6.07, 6.45) is 0. The molecule has 0 saturated heterocycles. The van der Waals surface area contributed by atoms with Gasteiger partial charge in [0.25, 0.3) is 0 Å². The van der Waals surface area contributed by atoms with Crippen LogP contribution in [0, 0.1) is 6.92 Å². The molecular weight excluding hydrogens is 248 g/mol. The fourth-order valence-corrected chi connectivity index (χ4v) is 1.75. The lowest BCUT2D eigenvalue weighted by atomic mass is 9.99. The summed E-state index contributed by atoms with van der Waals surface area (Å²) in [5, 5.41) is 0. The van der Waals surface area contributed by atoms with Crippen LogP contribution in [0.3, 0.4) is 0 Å². The molecule has 0 atom stereocenters. The Bertz CT molecular complexity index is 564. The van der Waals surface area contributed by atoms with Crippen LogP contribution < -0.4 is 22.9 Å². The highest BCUT2D eigenvalue weighted by Crippen LogP contribution is 2.36. The Hall–Kier alpha value is -2.07. The molecule has 0 radical (unpaired) electrons. The van der Waals surface area contributed by atoms with E-state index in [1.54, 1.807) is 0 Å². The van der Waals surface area contributed by atoms with Crippen molar-refractivity contribution >= 4 is 35.2 Å². The van der Waals surface area contributed by atoms with Crippen molar-refractivity contribution < 1.29 is 0 Å². The van der Waals surface area contributed by atoms with Gasteiger partial charge in [-0.2, -0.15) is 0 Å². The van der Waals surface area contributed by atoms with Crippen LogP contribution in [0.2, 0.25) is 0 Å². The van der Waals surface area contributed by atoms with Crippen molar-refractivity contribution in [3.05, 3.63) is 35.9 Å². The second-order valence-electron chi connectivity index (χ2n) is 4.09. The average molecular weight is 265 g/mol. The third-order valence-corrected chi connectivity index (χ3v) is 2.94. The lowest BCUT2D eigenvalue weighted by molar-refractivity contribution is 1.46. The molecule has 0 aliphatic carbocycles. The summed E-state index contributed by atoms with van der Waals surface area (Å²) >= 11 is 0. The molecule has 5 heteroatoms. The van der Waals surface area contributed by atoms with Crippen LogP contribution in [-0.4, -0.2) is 0 Å². The van der Waals surface area contributed by atoms with E-state index in [1.807, 2.05) is 37.3 Å². The first kappa shape index (κ1) is 14.0. The van der Waals surface area contributed by atoms with Crippen molar-refractivity contribution in [2.24, 2.45) is 0 Å². The Kier molecular flexibility index (Phi) is 3.93. The fraction of sp³-hybridized carbons (Fsp3) is 0.0769. The Morgan fingerprint density at radius 1 is 0.833 bits per heavy atom. The molecule has 0 amide bonds. The van der Waals surface area contributed by atoms with Gasteiger partial charge in [0, 0.05) is 16.9 Å². The molecule has 0 heterocycles. The molecule has 18 heavy (non-hydrogen) atoms. The third-order valence-electron chi connectivity index (χ3n) is 2.94. The number of nitrogen functional groups attached to an aromatic ring is 4. The summed E-state index contributed by atoms with van der Waals surface area (Å²) in [6.45, 7) is 1.85. The smallest absolute Gasteiger partial charge is 0.0631 e. The third kappa shape index (κ3) is 2.28. The van der Waals surface area contributed by atoms with E-state index in [0.717, 1.165) is 16.7 Å². The van der Waals surface area contributed by atoms with Crippen LogP contribution in [0.15, 0.2) is 30.3 Å². The topological polar surface area (TPSA) is 104 Å². The lowest BCUT2D eigenvalue weighted by Crippen LogP contribution is -2.03. The number of anilines is 4. The maximum absolute atomic E-state index is 6.01. The summed E-state index contributed by atoms with van der Waals surface area (Å²) in [5.41, 5.74) is 28.5. The molecular formula is C13H17ClN4. The molecule has 8 N–H and O–H groups in total. The molecule has 2 rings (SSSR count). The largest absolute Gasteiger partial charge is 0.399 e. The van der Waals surface area contributed by atoms with Gasteiger partial charge in [-0.1, -0.05) is 12.1 Å². The molecule has 2 aromatic rings. The van der Waals surface area contributed by atoms with E-state index in [1.165, 1.54) is 0 Å². The van der Waals surface area contributed by atoms with E-state index in [2.05, 4.69) is 0 Å². The molecule has 96 valence electrons. The average Bonchev–Trinajstić information content (AvgIpc) is 2.32. The molecule has 0 aliphatic rings. The first-order chi connectivity index (χ1) is 8.00. The Balaban J connectivity index is 0.00000162. The molecule has 0 spiro atoms. The first-order valence-electron chi connectivity index (χ1n) is 5.30. The predicted molar refractivity (Wildman–Crippen MR) is 81.5 cm³/mol. The minimum absolute atomic E-state index is 0. The normalized spacial score (nSPS) is 9.83. The van der Waals surface area contributed by atoms with Crippen LogP contribution in [0.25, 0.3) is 11.1 Å². The van der Waals surface area contributed by atoms with Gasteiger partial charge >= 0.3 is 0 Å². The number of halogens is 1. The van der Waals surface area contributed by atoms with E-state index < -0.39 is 0 Å². The maximum Gasteiger partial charge on any atom is 0.0631 e. The van der Waals surface area contributed by atoms with E-state index in [0.29, 0.717) is 22.7 Å². The molecule has 0 aromatic heterocycles. The highest BCUT2D eigenvalue weighted by molar-refractivity contribution is 5.90. The summed E-state index contributed by atoms with van der Waals surface area (Å²) in [6, 6.07) is 9.28. The fourth-order valence-electron chi connectivity index (χ4n) is 1.75. The predicted octanol–water partition coefficient (Wildman–Crippen LogP) is 2.41. The SMILES string of the molecule is Cc1c(N)cc(-c2ccc(N)cc2)c(N)c1N.Cl. The van der Waals surface area contributed by atoms with E-state index in [-0.39, 0.29) is 12.4 Å². The second-order valence-corrected chi connectivity index (χ2v) is 4.09. The van der Waals surface area contributed by atoms with E-state index in [4.69, 9.17) is 22.9 Å². The molecule has 0 aliphatic heterocycles. The van der Waals surface area contributed by atoms with Gasteiger partial charge in [0.2, 0.25) is 0 Å². The monoisotopic (exact) mass is 264 g/mol. The quantitative estimate of drug-likeness (QED) is 0.594. The van der Waals surface area contributed by atoms with Gasteiger partial charge in [-0.15, -0.1) is 12.4 Å². The van der Waals surface area contributed by atoms with Gasteiger partial charge in [-0.05, 0) is 36.2 Å². The Labute approximate surface area is 112 Å². The molecule has 2 aromatic carbocycles. The summed E-state index contributed by atoms with van der Waals surface area (Å²) in [7, 11) is 0. The number of hydrogen-bond acceptors (Lipinski definition) is 4. The number of benzene rings is 2.